The van der Waals surface area contributed by atoms with Gasteiger partial charge in [-0.15, -0.1) is 0 Å². The van der Waals surface area contributed by atoms with Gasteiger partial charge in [0.05, 0.1) is 18.0 Å². The molecule has 0 saturated heterocycles. The lowest BCUT2D eigenvalue weighted by atomic mass is 10.2. The maximum atomic E-state index is 12.8. The molecule has 0 bridgehead atoms. The summed E-state index contributed by atoms with van der Waals surface area (Å²) in [6.45, 7) is -0.0807. The highest BCUT2D eigenvalue weighted by Gasteiger charge is 2.18. The van der Waals surface area contributed by atoms with E-state index in [1.165, 1.54) is 0 Å². The molecule has 3 rings (SSSR count). The van der Waals surface area contributed by atoms with Gasteiger partial charge in [-0.2, -0.15) is 0 Å². The van der Waals surface area contributed by atoms with Crippen LogP contribution in [-0.2, 0) is 9.53 Å². The molecule has 164 valence electrons. The minimum absolute atomic E-state index is 0.293. The number of hydrogen-bond acceptors (Lipinski definition) is 4. The van der Waals surface area contributed by atoms with Crippen LogP contribution >= 0.6 is 0 Å². The number of hydrogen-bond donors (Lipinski definition) is 1. The third-order valence-corrected chi connectivity index (χ3v) is 4.48. The molecule has 0 unspecified atom stereocenters. The van der Waals surface area contributed by atoms with E-state index in [0.29, 0.717) is 18.8 Å². The van der Waals surface area contributed by atoms with Crippen molar-refractivity contribution in [2.75, 3.05) is 18.1 Å². The Hall–Kier alpha value is -4.06. The summed E-state index contributed by atoms with van der Waals surface area (Å²) in [7, 11) is 0. The van der Waals surface area contributed by atoms with Crippen LogP contribution in [0.1, 0.15) is 18.4 Å². The molecular formula is C26H25NO5. The molecule has 0 aliphatic rings. The van der Waals surface area contributed by atoms with Gasteiger partial charge in [-0.25, -0.2) is 14.5 Å². The van der Waals surface area contributed by atoms with Crippen molar-refractivity contribution in [3.8, 4) is 5.75 Å². The summed E-state index contributed by atoms with van der Waals surface area (Å²) < 4.78 is 10.7. The molecular weight excluding hydrogens is 406 g/mol. The van der Waals surface area contributed by atoms with Crippen LogP contribution in [0.25, 0.3) is 6.08 Å². The molecule has 0 radical (unpaired) electrons. The average molecular weight is 431 g/mol. The fourth-order valence-electron chi connectivity index (χ4n) is 3.01. The summed E-state index contributed by atoms with van der Waals surface area (Å²) in [5.41, 5.74) is 2.39. The van der Waals surface area contributed by atoms with Gasteiger partial charge in [0.15, 0.2) is 6.61 Å². The van der Waals surface area contributed by atoms with Gasteiger partial charge in [0.25, 0.3) is 0 Å². The molecule has 0 fully saturated rings. The number of para-hydroxylation sites is 2. The molecule has 3 aromatic rings. The molecule has 1 N–H and O–H groups in total. The summed E-state index contributed by atoms with van der Waals surface area (Å²) in [5, 5.41) is 8.69. The molecule has 0 aliphatic carbocycles. The molecule has 6 heteroatoms. The van der Waals surface area contributed by atoms with E-state index in [1.807, 2.05) is 78.9 Å². The van der Waals surface area contributed by atoms with Crippen molar-refractivity contribution in [3.05, 3.63) is 96.6 Å². The van der Waals surface area contributed by atoms with E-state index >= 15 is 0 Å². The fourth-order valence-corrected chi connectivity index (χ4v) is 3.01. The Morgan fingerprint density at radius 3 is 2.16 bits per heavy atom. The lowest BCUT2D eigenvalue weighted by Crippen LogP contribution is -2.27. The Bertz CT molecular complexity index is 995. The third kappa shape index (κ3) is 7.02. The fraction of sp³-hybridized carbons (Fsp3) is 0.154. The first-order valence-electron chi connectivity index (χ1n) is 10.3. The number of carboxylic acid groups (broad SMARTS) is 1. The maximum absolute atomic E-state index is 12.8. The van der Waals surface area contributed by atoms with Crippen LogP contribution in [-0.4, -0.2) is 30.4 Å². The van der Waals surface area contributed by atoms with E-state index in [0.717, 1.165) is 23.4 Å². The number of nitrogens with zero attached hydrogens (tertiary/aromatic N) is 1. The molecule has 3 aromatic carbocycles. The number of aliphatic carboxylic acids is 1. The van der Waals surface area contributed by atoms with Gasteiger partial charge in [-0.05, 0) is 54.8 Å². The number of carboxylic acids is 1. The average Bonchev–Trinajstić information content (AvgIpc) is 2.82. The van der Waals surface area contributed by atoms with Crippen LogP contribution in [0, 0.1) is 0 Å². The highest BCUT2D eigenvalue weighted by molar-refractivity contribution is 5.95. The number of ether oxygens (including phenoxy) is 2. The molecule has 0 spiro atoms. The number of anilines is 2. The summed E-state index contributed by atoms with van der Waals surface area (Å²) in [5.74, 6) is -0.510. The van der Waals surface area contributed by atoms with Crippen LogP contribution < -0.4 is 9.64 Å². The van der Waals surface area contributed by atoms with Crippen molar-refractivity contribution >= 4 is 29.5 Å². The standard InChI is InChI=1S/C26H25NO5/c28-25(29)20-32-24-17-10-12-21(19-24)11-4-3-9-18-31-26(30)27(22-13-5-1-6-14-22)23-15-7-2-8-16-23/h1-2,4-8,10-17,19H,3,9,18,20H2,(H,28,29). The highest BCUT2D eigenvalue weighted by Crippen LogP contribution is 2.25. The first-order valence-corrected chi connectivity index (χ1v) is 10.3. The number of amides is 1. The number of benzene rings is 3. The molecule has 32 heavy (non-hydrogen) atoms. The second-order valence-corrected chi connectivity index (χ2v) is 6.92. The molecule has 0 aliphatic heterocycles. The highest BCUT2D eigenvalue weighted by atomic mass is 16.6. The van der Waals surface area contributed by atoms with E-state index < -0.39 is 12.1 Å². The van der Waals surface area contributed by atoms with Crippen molar-refractivity contribution in [3.63, 3.8) is 0 Å². The Labute approximate surface area is 187 Å². The van der Waals surface area contributed by atoms with Gasteiger partial charge in [0.1, 0.15) is 5.75 Å². The van der Waals surface area contributed by atoms with Crippen molar-refractivity contribution < 1.29 is 24.2 Å². The second kappa shape index (κ2) is 12.0. The molecule has 6 nitrogen and oxygen atoms in total. The van der Waals surface area contributed by atoms with Gasteiger partial charge >= 0.3 is 12.1 Å². The van der Waals surface area contributed by atoms with Crippen LogP contribution in [0.5, 0.6) is 5.75 Å². The summed E-state index contributed by atoms with van der Waals surface area (Å²) in [4.78, 5) is 24.9. The van der Waals surface area contributed by atoms with E-state index in [1.54, 1.807) is 23.1 Å². The van der Waals surface area contributed by atoms with E-state index in [4.69, 9.17) is 14.6 Å². The Balaban J connectivity index is 1.50. The Kier molecular flexibility index (Phi) is 8.45. The Morgan fingerprint density at radius 1 is 0.875 bits per heavy atom. The molecule has 0 atom stereocenters. The molecule has 0 aromatic heterocycles. The van der Waals surface area contributed by atoms with Crippen LogP contribution in [0.2, 0.25) is 0 Å². The maximum Gasteiger partial charge on any atom is 0.418 e. The van der Waals surface area contributed by atoms with Crippen LogP contribution in [0.3, 0.4) is 0 Å². The number of carbonyl (C=O) groups excluding carboxylic acids is 1. The zero-order valence-electron chi connectivity index (χ0n) is 17.6. The third-order valence-electron chi connectivity index (χ3n) is 4.48. The zero-order valence-corrected chi connectivity index (χ0v) is 17.6. The normalized spacial score (nSPS) is 10.6. The lowest BCUT2D eigenvalue weighted by Gasteiger charge is -2.22. The number of allylic oxidation sites excluding steroid dienone is 1. The van der Waals surface area contributed by atoms with Crippen LogP contribution in [0.15, 0.2) is 91.0 Å². The van der Waals surface area contributed by atoms with E-state index in [9.17, 15) is 9.59 Å². The quantitative estimate of drug-likeness (QED) is 0.403. The predicted molar refractivity (Wildman–Crippen MR) is 124 cm³/mol. The van der Waals surface area contributed by atoms with E-state index in [2.05, 4.69) is 0 Å². The van der Waals surface area contributed by atoms with Crippen molar-refractivity contribution in [2.24, 2.45) is 0 Å². The first-order chi connectivity index (χ1) is 15.6. The lowest BCUT2D eigenvalue weighted by molar-refractivity contribution is -0.139. The molecule has 0 saturated carbocycles. The van der Waals surface area contributed by atoms with Gasteiger partial charge < -0.3 is 14.6 Å². The zero-order chi connectivity index (χ0) is 22.6. The van der Waals surface area contributed by atoms with Gasteiger partial charge in [-0.1, -0.05) is 60.7 Å². The van der Waals surface area contributed by atoms with Gasteiger partial charge in [0, 0.05) is 0 Å². The van der Waals surface area contributed by atoms with Gasteiger partial charge in [-0.3, -0.25) is 0 Å². The SMILES string of the molecule is O=C(O)COc1cccc(C=CCCCOC(=O)N(c2ccccc2)c2ccccc2)c1. The number of unbranched alkanes of at least 4 members (excludes halogenated alkanes) is 1. The smallest absolute Gasteiger partial charge is 0.418 e. The van der Waals surface area contributed by atoms with Crippen molar-refractivity contribution in [1.82, 2.24) is 0 Å². The second-order valence-electron chi connectivity index (χ2n) is 6.92. The van der Waals surface area contributed by atoms with Crippen molar-refractivity contribution in [2.45, 2.75) is 12.8 Å². The summed E-state index contributed by atoms with van der Waals surface area (Å²) in [6.07, 6.45) is 4.89. The monoisotopic (exact) mass is 431 g/mol. The largest absolute Gasteiger partial charge is 0.482 e. The predicted octanol–water partition coefficient (Wildman–Crippen LogP) is 5.92. The minimum Gasteiger partial charge on any atom is -0.482 e. The number of carbonyl (C=O) groups is 2. The first kappa shape index (κ1) is 22.6. The summed E-state index contributed by atoms with van der Waals surface area (Å²) >= 11 is 0. The number of rotatable bonds is 10. The summed E-state index contributed by atoms with van der Waals surface area (Å²) in [6, 6.07) is 26.0. The van der Waals surface area contributed by atoms with E-state index in [-0.39, 0.29) is 6.61 Å². The topological polar surface area (TPSA) is 76.1 Å². The molecule has 0 heterocycles. The van der Waals surface area contributed by atoms with Crippen molar-refractivity contribution in [1.29, 1.82) is 0 Å². The Morgan fingerprint density at radius 2 is 1.53 bits per heavy atom. The van der Waals surface area contributed by atoms with Crippen LogP contribution in [0.4, 0.5) is 16.2 Å². The van der Waals surface area contributed by atoms with Gasteiger partial charge in [0.2, 0.25) is 0 Å². The minimum atomic E-state index is -1.02. The molecule has 1 amide bonds.